The second kappa shape index (κ2) is 7.97. The molecule has 28 heavy (non-hydrogen) atoms. The summed E-state index contributed by atoms with van der Waals surface area (Å²) in [6.07, 6.45) is 1.00. The first-order valence-electron chi connectivity index (χ1n) is 9.03. The van der Waals surface area contributed by atoms with Gasteiger partial charge in [0.2, 0.25) is 10.0 Å². The van der Waals surface area contributed by atoms with Gasteiger partial charge in [0, 0.05) is 24.3 Å². The molecule has 2 unspecified atom stereocenters. The van der Waals surface area contributed by atoms with E-state index in [4.69, 9.17) is 0 Å². The summed E-state index contributed by atoms with van der Waals surface area (Å²) in [6.45, 7) is 5.05. The van der Waals surface area contributed by atoms with E-state index in [0.717, 1.165) is 18.6 Å². The largest absolute Gasteiger partial charge is 0.322 e. The van der Waals surface area contributed by atoms with Crippen LogP contribution in [-0.4, -0.2) is 31.7 Å². The Bertz CT molecular complexity index is 967. The molecule has 0 radical (unpaired) electrons. The van der Waals surface area contributed by atoms with Gasteiger partial charge in [-0.15, -0.1) is 0 Å². The third-order valence-corrected chi connectivity index (χ3v) is 6.61. The number of hydrogen-bond acceptors (Lipinski definition) is 3. The molecule has 2 aromatic carbocycles. The van der Waals surface area contributed by atoms with Crippen LogP contribution in [0.2, 0.25) is 0 Å². The zero-order chi connectivity index (χ0) is 20.5. The minimum Gasteiger partial charge on any atom is -0.322 e. The lowest BCUT2D eigenvalue weighted by Gasteiger charge is -2.34. The molecule has 1 fully saturated rings. The Kier molecular flexibility index (Phi) is 5.81. The molecule has 2 aromatic rings. The molecule has 1 heterocycles. The Balaban J connectivity index is 1.74. The number of amides is 1. The lowest BCUT2D eigenvalue weighted by atomic mass is 9.94. The molecule has 1 saturated heterocycles. The quantitative estimate of drug-likeness (QED) is 0.835. The first-order chi connectivity index (χ1) is 13.2. The fourth-order valence-corrected chi connectivity index (χ4v) is 5.18. The van der Waals surface area contributed by atoms with E-state index in [-0.39, 0.29) is 10.5 Å². The highest BCUT2D eigenvalue weighted by molar-refractivity contribution is 7.89. The number of halogens is 2. The van der Waals surface area contributed by atoms with Crippen LogP contribution in [0, 0.1) is 23.5 Å². The highest BCUT2D eigenvalue weighted by atomic mass is 32.2. The summed E-state index contributed by atoms with van der Waals surface area (Å²) in [7, 11) is -3.61. The second-order valence-corrected chi connectivity index (χ2v) is 9.31. The van der Waals surface area contributed by atoms with Gasteiger partial charge in [-0.25, -0.2) is 17.2 Å². The summed E-state index contributed by atoms with van der Waals surface area (Å²) < 4.78 is 53.5. The van der Waals surface area contributed by atoms with E-state index in [9.17, 15) is 22.0 Å². The maximum absolute atomic E-state index is 13.3. The van der Waals surface area contributed by atoms with Crippen LogP contribution in [0.25, 0.3) is 0 Å². The summed E-state index contributed by atoms with van der Waals surface area (Å²) in [6, 6.07) is 8.66. The second-order valence-electron chi connectivity index (χ2n) is 7.38. The number of carbonyl (C=O) groups is 1. The molecule has 0 aliphatic carbocycles. The van der Waals surface area contributed by atoms with Crippen LogP contribution < -0.4 is 5.32 Å². The van der Waals surface area contributed by atoms with Crippen LogP contribution in [0.15, 0.2) is 47.4 Å². The number of rotatable bonds is 4. The Hall–Kier alpha value is -2.32. The number of piperidine rings is 1. The molecule has 1 aliphatic rings. The highest BCUT2D eigenvalue weighted by Crippen LogP contribution is 2.27. The number of carbonyl (C=O) groups excluding carboxylic acids is 1. The minimum absolute atomic E-state index is 0.0353. The Morgan fingerprint density at radius 1 is 1.00 bits per heavy atom. The highest BCUT2D eigenvalue weighted by Gasteiger charge is 2.31. The molecular formula is C20H22F2N2O3S. The summed E-state index contributed by atoms with van der Waals surface area (Å²) in [5.41, 5.74) is 0.320. The summed E-state index contributed by atoms with van der Waals surface area (Å²) in [5.74, 6) is -2.17. The summed E-state index contributed by atoms with van der Waals surface area (Å²) >= 11 is 0. The van der Waals surface area contributed by atoms with Crippen molar-refractivity contribution in [3.05, 3.63) is 59.7 Å². The van der Waals surface area contributed by atoms with Gasteiger partial charge in [-0.05, 0) is 60.7 Å². The van der Waals surface area contributed by atoms with E-state index < -0.39 is 27.6 Å². The molecule has 1 N–H and O–H groups in total. The van der Waals surface area contributed by atoms with Crippen molar-refractivity contribution in [3.63, 3.8) is 0 Å². The van der Waals surface area contributed by atoms with Gasteiger partial charge in [0.15, 0.2) is 11.6 Å². The number of nitrogens with zero attached hydrogens (tertiary/aromatic N) is 1. The maximum atomic E-state index is 13.3. The van der Waals surface area contributed by atoms with Gasteiger partial charge in [0.1, 0.15) is 0 Å². The van der Waals surface area contributed by atoms with Crippen molar-refractivity contribution in [2.45, 2.75) is 25.2 Å². The lowest BCUT2D eigenvalue weighted by molar-refractivity contribution is 0.102. The minimum atomic E-state index is -3.61. The molecule has 5 nitrogen and oxygen atoms in total. The predicted octanol–water partition coefficient (Wildman–Crippen LogP) is 3.88. The molecule has 1 aliphatic heterocycles. The first-order valence-corrected chi connectivity index (χ1v) is 10.5. The fraction of sp³-hybridized carbons (Fsp3) is 0.350. The van der Waals surface area contributed by atoms with Crippen molar-refractivity contribution in [1.29, 1.82) is 0 Å². The molecule has 150 valence electrons. The molecule has 0 aromatic heterocycles. The van der Waals surface area contributed by atoms with Crippen LogP contribution in [0.1, 0.15) is 30.6 Å². The van der Waals surface area contributed by atoms with Gasteiger partial charge in [-0.1, -0.05) is 13.8 Å². The Morgan fingerprint density at radius 3 is 2.18 bits per heavy atom. The van der Waals surface area contributed by atoms with Crippen molar-refractivity contribution in [2.24, 2.45) is 11.8 Å². The summed E-state index contributed by atoms with van der Waals surface area (Å²) in [5, 5.41) is 2.54. The SMILES string of the molecule is CC1CC(C)CN(S(=O)(=O)c2ccc(NC(=O)c3ccc(F)c(F)c3)cc2)C1. The molecule has 3 rings (SSSR count). The van der Waals surface area contributed by atoms with Crippen LogP contribution in [-0.2, 0) is 10.0 Å². The molecule has 0 bridgehead atoms. The monoisotopic (exact) mass is 408 g/mol. The van der Waals surface area contributed by atoms with E-state index >= 15 is 0 Å². The standard InChI is InChI=1S/C20H22F2N2O3S/c1-13-9-14(2)12-24(11-13)28(26,27)17-6-4-16(5-7-17)23-20(25)15-3-8-18(21)19(22)10-15/h3-8,10,13-14H,9,11-12H2,1-2H3,(H,23,25). The molecular weight excluding hydrogens is 386 g/mol. The van der Waals surface area contributed by atoms with Gasteiger partial charge in [-0.2, -0.15) is 4.31 Å². The van der Waals surface area contributed by atoms with Gasteiger partial charge in [-0.3, -0.25) is 4.79 Å². The van der Waals surface area contributed by atoms with E-state index in [1.807, 2.05) is 13.8 Å². The van der Waals surface area contributed by atoms with Gasteiger partial charge < -0.3 is 5.32 Å². The number of anilines is 1. The van der Waals surface area contributed by atoms with E-state index in [2.05, 4.69) is 5.32 Å². The number of hydrogen-bond donors (Lipinski definition) is 1. The van der Waals surface area contributed by atoms with Crippen LogP contribution >= 0.6 is 0 Å². The Labute approximate surface area is 163 Å². The van der Waals surface area contributed by atoms with E-state index in [1.165, 1.54) is 34.6 Å². The van der Waals surface area contributed by atoms with Crippen LogP contribution in [0.5, 0.6) is 0 Å². The zero-order valence-corrected chi connectivity index (χ0v) is 16.5. The molecule has 0 saturated carbocycles. The number of benzene rings is 2. The fourth-order valence-electron chi connectivity index (χ4n) is 3.50. The zero-order valence-electron chi connectivity index (χ0n) is 15.7. The lowest BCUT2D eigenvalue weighted by Crippen LogP contribution is -2.42. The van der Waals surface area contributed by atoms with Crippen molar-refractivity contribution in [3.8, 4) is 0 Å². The van der Waals surface area contributed by atoms with E-state index in [1.54, 1.807) is 0 Å². The van der Waals surface area contributed by atoms with Gasteiger partial charge >= 0.3 is 0 Å². The third-order valence-electron chi connectivity index (χ3n) is 4.77. The topological polar surface area (TPSA) is 66.5 Å². The van der Waals surface area contributed by atoms with Crippen molar-refractivity contribution in [1.82, 2.24) is 4.31 Å². The predicted molar refractivity (Wildman–Crippen MR) is 102 cm³/mol. The van der Waals surface area contributed by atoms with Crippen LogP contribution in [0.3, 0.4) is 0 Å². The third kappa shape index (κ3) is 4.39. The Morgan fingerprint density at radius 2 is 1.61 bits per heavy atom. The average molecular weight is 408 g/mol. The summed E-state index contributed by atoms with van der Waals surface area (Å²) in [4.78, 5) is 12.3. The van der Waals surface area contributed by atoms with Crippen LogP contribution in [0.4, 0.5) is 14.5 Å². The van der Waals surface area contributed by atoms with Gasteiger partial charge in [0.05, 0.1) is 4.90 Å². The maximum Gasteiger partial charge on any atom is 0.255 e. The molecule has 0 spiro atoms. The molecule has 1 amide bonds. The number of nitrogens with one attached hydrogen (secondary N) is 1. The smallest absolute Gasteiger partial charge is 0.255 e. The number of sulfonamides is 1. The van der Waals surface area contributed by atoms with Crippen molar-refractivity contribution in [2.75, 3.05) is 18.4 Å². The first kappa shape index (κ1) is 20.4. The van der Waals surface area contributed by atoms with E-state index in [0.29, 0.717) is 30.6 Å². The average Bonchev–Trinajstić information content (AvgIpc) is 2.63. The van der Waals surface area contributed by atoms with Crippen molar-refractivity contribution < 1.29 is 22.0 Å². The normalized spacial score (nSPS) is 20.7. The van der Waals surface area contributed by atoms with Crippen molar-refractivity contribution >= 4 is 21.6 Å². The molecule has 2 atom stereocenters. The molecule has 8 heteroatoms. The van der Waals surface area contributed by atoms with Gasteiger partial charge in [0.25, 0.3) is 5.91 Å².